The highest BCUT2D eigenvalue weighted by Gasteiger charge is 2.26. The van der Waals surface area contributed by atoms with Gasteiger partial charge in [-0.2, -0.15) is 0 Å². The topological polar surface area (TPSA) is 49.3 Å². The van der Waals surface area contributed by atoms with Gasteiger partial charge in [0.25, 0.3) is 5.91 Å². The molecular weight excluding hydrogens is 269 g/mol. The highest BCUT2D eigenvalue weighted by Crippen LogP contribution is 2.24. The van der Waals surface area contributed by atoms with Crippen LogP contribution in [0.25, 0.3) is 0 Å². The van der Waals surface area contributed by atoms with Crippen molar-refractivity contribution in [1.29, 1.82) is 0 Å². The molecule has 1 aromatic carbocycles. The lowest BCUT2D eigenvalue weighted by Gasteiger charge is -2.29. The quantitative estimate of drug-likeness (QED) is 0.845. The van der Waals surface area contributed by atoms with Gasteiger partial charge in [0.1, 0.15) is 5.82 Å². The molecule has 1 aromatic rings. The van der Waals surface area contributed by atoms with E-state index in [4.69, 9.17) is 11.6 Å². The van der Waals surface area contributed by atoms with Gasteiger partial charge in [-0.1, -0.05) is 25.4 Å². The van der Waals surface area contributed by atoms with E-state index < -0.39 is 11.7 Å². The van der Waals surface area contributed by atoms with Crippen LogP contribution in [-0.2, 0) is 0 Å². The molecule has 0 radical (unpaired) electrons. The van der Waals surface area contributed by atoms with Crippen LogP contribution in [-0.4, -0.2) is 24.2 Å². The molecule has 106 valence electrons. The Hall–Kier alpha value is -1.13. The maximum Gasteiger partial charge on any atom is 0.254 e. The van der Waals surface area contributed by atoms with E-state index in [-0.39, 0.29) is 17.6 Å². The summed E-state index contributed by atoms with van der Waals surface area (Å²) in [5, 5.41) is 12.4. The molecule has 0 saturated heterocycles. The molecule has 0 saturated carbocycles. The molecule has 0 fully saturated rings. The Morgan fingerprint density at radius 1 is 1.42 bits per heavy atom. The summed E-state index contributed by atoms with van der Waals surface area (Å²) >= 11 is 5.75. The number of hydrogen-bond donors (Lipinski definition) is 2. The Labute approximate surface area is 117 Å². The van der Waals surface area contributed by atoms with Crippen LogP contribution < -0.4 is 5.32 Å². The van der Waals surface area contributed by atoms with Crippen LogP contribution in [0.1, 0.15) is 37.0 Å². The van der Waals surface area contributed by atoms with E-state index in [1.165, 1.54) is 12.1 Å². The highest BCUT2D eigenvalue weighted by atomic mass is 35.5. The van der Waals surface area contributed by atoms with Gasteiger partial charge in [-0.15, -0.1) is 0 Å². The summed E-state index contributed by atoms with van der Waals surface area (Å²) < 4.78 is 13.5. The third-order valence-electron chi connectivity index (χ3n) is 3.63. The number of amides is 1. The average Bonchev–Trinajstić information content (AvgIpc) is 2.43. The number of carbonyl (C=O) groups excluding carboxylic acids is 1. The molecule has 1 amide bonds. The molecule has 0 heterocycles. The monoisotopic (exact) mass is 287 g/mol. The predicted octanol–water partition coefficient (Wildman–Crippen LogP) is 3.01. The molecule has 0 aliphatic carbocycles. The zero-order chi connectivity index (χ0) is 14.5. The van der Waals surface area contributed by atoms with Crippen molar-refractivity contribution < 1.29 is 14.3 Å². The number of benzene rings is 1. The number of rotatable bonds is 6. The first kappa shape index (κ1) is 15.9. The molecule has 1 rings (SSSR count). The van der Waals surface area contributed by atoms with Crippen LogP contribution in [0, 0.1) is 11.2 Å². The average molecular weight is 288 g/mol. The Bertz CT molecular complexity index is 439. The largest absolute Gasteiger partial charge is 0.396 e. The summed E-state index contributed by atoms with van der Waals surface area (Å²) in [6.45, 7) is 4.19. The summed E-state index contributed by atoms with van der Waals surface area (Å²) in [7, 11) is 0. The molecule has 0 spiro atoms. The van der Waals surface area contributed by atoms with Crippen molar-refractivity contribution in [3.05, 3.63) is 34.6 Å². The Balaban J connectivity index is 2.77. The highest BCUT2D eigenvalue weighted by molar-refractivity contribution is 6.30. The fraction of sp³-hybridized carbons (Fsp3) is 0.500. The van der Waals surface area contributed by atoms with Crippen molar-refractivity contribution in [2.45, 2.75) is 26.7 Å². The van der Waals surface area contributed by atoms with Gasteiger partial charge in [-0.25, -0.2) is 4.39 Å². The summed E-state index contributed by atoms with van der Waals surface area (Å²) in [4.78, 5) is 11.9. The van der Waals surface area contributed by atoms with Gasteiger partial charge >= 0.3 is 0 Å². The van der Waals surface area contributed by atoms with E-state index in [9.17, 15) is 14.3 Å². The fourth-order valence-electron chi connectivity index (χ4n) is 1.81. The third-order valence-corrected chi connectivity index (χ3v) is 3.87. The second kappa shape index (κ2) is 6.87. The maximum absolute atomic E-state index is 13.5. The van der Waals surface area contributed by atoms with Crippen LogP contribution in [0.15, 0.2) is 18.2 Å². The number of halogens is 2. The van der Waals surface area contributed by atoms with Gasteiger partial charge in [-0.3, -0.25) is 4.79 Å². The first-order valence-corrected chi connectivity index (χ1v) is 6.70. The smallest absolute Gasteiger partial charge is 0.254 e. The fourth-order valence-corrected chi connectivity index (χ4v) is 1.99. The van der Waals surface area contributed by atoms with Gasteiger partial charge in [0.05, 0.1) is 12.2 Å². The standard InChI is InChI=1S/C14H19ClFNO2/c1-3-14(4-2,9-18)8-17-13(19)11-7-10(15)5-6-12(11)16/h5-7,18H,3-4,8-9H2,1-2H3,(H,17,19). The Morgan fingerprint density at radius 3 is 2.58 bits per heavy atom. The van der Waals surface area contributed by atoms with Crippen LogP contribution in [0.5, 0.6) is 0 Å². The van der Waals surface area contributed by atoms with E-state index in [1.54, 1.807) is 0 Å². The van der Waals surface area contributed by atoms with Gasteiger partial charge in [-0.05, 0) is 31.0 Å². The Kier molecular flexibility index (Phi) is 5.76. The lowest BCUT2D eigenvalue weighted by Crippen LogP contribution is -2.39. The van der Waals surface area contributed by atoms with E-state index in [1.807, 2.05) is 13.8 Å². The number of hydrogen-bond acceptors (Lipinski definition) is 2. The van der Waals surface area contributed by atoms with Gasteiger partial charge in [0.15, 0.2) is 0 Å². The van der Waals surface area contributed by atoms with Gasteiger partial charge in [0, 0.05) is 17.0 Å². The van der Waals surface area contributed by atoms with Gasteiger partial charge in [0.2, 0.25) is 0 Å². The maximum atomic E-state index is 13.5. The van der Waals surface area contributed by atoms with Crippen molar-refractivity contribution >= 4 is 17.5 Å². The first-order chi connectivity index (χ1) is 8.98. The molecule has 0 aliphatic heterocycles. The summed E-state index contributed by atoms with van der Waals surface area (Å²) in [6.07, 6.45) is 1.47. The van der Waals surface area contributed by atoms with E-state index in [2.05, 4.69) is 5.32 Å². The SMILES string of the molecule is CCC(CC)(CO)CNC(=O)c1cc(Cl)ccc1F. The molecule has 5 heteroatoms. The van der Waals surface area contributed by atoms with Crippen LogP contribution in [0.4, 0.5) is 4.39 Å². The first-order valence-electron chi connectivity index (χ1n) is 6.32. The number of aliphatic hydroxyl groups excluding tert-OH is 1. The zero-order valence-corrected chi connectivity index (χ0v) is 11.9. The third kappa shape index (κ3) is 3.91. The number of aliphatic hydroxyl groups is 1. The van der Waals surface area contributed by atoms with Gasteiger partial charge < -0.3 is 10.4 Å². The molecule has 0 atom stereocenters. The molecular formula is C14H19ClFNO2. The lowest BCUT2D eigenvalue weighted by molar-refractivity contribution is 0.0847. The Morgan fingerprint density at radius 2 is 2.05 bits per heavy atom. The van der Waals surface area contributed by atoms with Crippen molar-refractivity contribution in [1.82, 2.24) is 5.32 Å². The normalized spacial score (nSPS) is 11.4. The van der Waals surface area contributed by atoms with Crippen molar-refractivity contribution in [2.75, 3.05) is 13.2 Å². The molecule has 0 unspecified atom stereocenters. The van der Waals surface area contributed by atoms with Crippen molar-refractivity contribution in [2.24, 2.45) is 5.41 Å². The minimum Gasteiger partial charge on any atom is -0.396 e. The molecule has 0 aromatic heterocycles. The number of nitrogens with one attached hydrogen (secondary N) is 1. The van der Waals surface area contributed by atoms with Crippen molar-refractivity contribution in [3.63, 3.8) is 0 Å². The molecule has 19 heavy (non-hydrogen) atoms. The predicted molar refractivity (Wildman–Crippen MR) is 73.8 cm³/mol. The van der Waals surface area contributed by atoms with Crippen LogP contribution in [0.2, 0.25) is 5.02 Å². The van der Waals surface area contributed by atoms with Crippen LogP contribution in [0.3, 0.4) is 0 Å². The minimum atomic E-state index is -0.607. The second-order valence-electron chi connectivity index (χ2n) is 4.67. The van der Waals surface area contributed by atoms with E-state index >= 15 is 0 Å². The minimum absolute atomic E-state index is 0.0156. The second-order valence-corrected chi connectivity index (χ2v) is 5.11. The lowest BCUT2D eigenvalue weighted by atomic mass is 9.83. The molecule has 0 aliphatic rings. The summed E-state index contributed by atoms with van der Waals surface area (Å²) in [5.74, 6) is -1.12. The van der Waals surface area contributed by atoms with Crippen molar-refractivity contribution in [3.8, 4) is 0 Å². The number of carbonyl (C=O) groups is 1. The van der Waals surface area contributed by atoms with E-state index in [0.29, 0.717) is 11.6 Å². The molecule has 2 N–H and O–H groups in total. The summed E-state index contributed by atoms with van der Waals surface area (Å²) in [6, 6.07) is 3.85. The summed E-state index contributed by atoms with van der Waals surface area (Å²) in [5.41, 5.74) is -0.434. The zero-order valence-electron chi connectivity index (χ0n) is 11.2. The van der Waals surface area contributed by atoms with E-state index in [0.717, 1.165) is 18.9 Å². The molecule has 3 nitrogen and oxygen atoms in total. The van der Waals surface area contributed by atoms with Crippen LogP contribution >= 0.6 is 11.6 Å². The molecule has 0 bridgehead atoms.